The number of carbonyl (C=O) groups is 1. The van der Waals surface area contributed by atoms with Gasteiger partial charge in [0.25, 0.3) is 10.0 Å². The summed E-state index contributed by atoms with van der Waals surface area (Å²) in [6.45, 7) is 3.36. The fourth-order valence-corrected chi connectivity index (χ4v) is 6.10. The van der Waals surface area contributed by atoms with Crippen LogP contribution < -0.4 is 5.32 Å². The summed E-state index contributed by atoms with van der Waals surface area (Å²) in [5.41, 5.74) is 0. The SMILES string of the molecule is Cl.O=C(C1CCNCC1)N1CCN(S(=O)(=O)c2ccc(Cl)s2)CC1. The number of halogens is 2. The van der Waals surface area contributed by atoms with Crippen molar-refractivity contribution < 1.29 is 13.2 Å². The van der Waals surface area contributed by atoms with Gasteiger partial charge in [0.05, 0.1) is 4.34 Å². The molecular formula is C14H21Cl2N3O3S2. The fourth-order valence-electron chi connectivity index (χ4n) is 3.04. The number of piperazine rings is 1. The van der Waals surface area contributed by atoms with Crippen molar-refractivity contribution in [2.45, 2.75) is 17.1 Å². The molecule has 1 aromatic heterocycles. The maximum atomic E-state index is 12.5. The summed E-state index contributed by atoms with van der Waals surface area (Å²) in [6, 6.07) is 3.13. The molecule has 2 aliphatic heterocycles. The lowest BCUT2D eigenvalue weighted by molar-refractivity contribution is -0.137. The van der Waals surface area contributed by atoms with Crippen molar-refractivity contribution in [1.29, 1.82) is 0 Å². The van der Waals surface area contributed by atoms with Crippen molar-refractivity contribution in [3.05, 3.63) is 16.5 Å². The number of amides is 1. The van der Waals surface area contributed by atoms with Crippen LogP contribution in [0.3, 0.4) is 0 Å². The molecule has 2 saturated heterocycles. The zero-order chi connectivity index (χ0) is 16.4. The zero-order valence-corrected chi connectivity index (χ0v) is 16.3. The smallest absolute Gasteiger partial charge is 0.252 e. The van der Waals surface area contributed by atoms with E-state index in [1.165, 1.54) is 10.4 Å². The highest BCUT2D eigenvalue weighted by molar-refractivity contribution is 7.91. The Morgan fingerprint density at radius 1 is 1.17 bits per heavy atom. The van der Waals surface area contributed by atoms with E-state index in [2.05, 4.69) is 5.32 Å². The van der Waals surface area contributed by atoms with Crippen LogP contribution in [-0.4, -0.2) is 62.8 Å². The Labute approximate surface area is 157 Å². The van der Waals surface area contributed by atoms with E-state index in [1.54, 1.807) is 6.07 Å². The van der Waals surface area contributed by atoms with Crippen LogP contribution in [0.4, 0.5) is 0 Å². The molecule has 10 heteroatoms. The van der Waals surface area contributed by atoms with Crippen LogP contribution >= 0.6 is 35.3 Å². The van der Waals surface area contributed by atoms with Crippen LogP contribution in [-0.2, 0) is 14.8 Å². The molecule has 0 saturated carbocycles. The predicted octanol–water partition coefficient (Wildman–Crippen LogP) is 1.66. The summed E-state index contributed by atoms with van der Waals surface area (Å²) >= 11 is 6.90. The summed E-state index contributed by atoms with van der Waals surface area (Å²) < 4.78 is 27.3. The lowest BCUT2D eigenvalue weighted by Crippen LogP contribution is -2.52. The number of hydrogen-bond donors (Lipinski definition) is 1. The summed E-state index contributed by atoms with van der Waals surface area (Å²) in [5.74, 6) is 0.248. The summed E-state index contributed by atoms with van der Waals surface area (Å²) in [6.07, 6.45) is 1.73. The van der Waals surface area contributed by atoms with Crippen molar-refractivity contribution in [1.82, 2.24) is 14.5 Å². The van der Waals surface area contributed by atoms with E-state index in [1.807, 2.05) is 4.90 Å². The molecule has 3 heterocycles. The summed E-state index contributed by atoms with van der Waals surface area (Å²) in [5, 5.41) is 3.25. The van der Waals surface area contributed by atoms with Crippen molar-refractivity contribution in [3.63, 3.8) is 0 Å². The lowest BCUT2D eigenvalue weighted by atomic mass is 9.96. The highest BCUT2D eigenvalue weighted by atomic mass is 35.5. The molecule has 0 spiro atoms. The normalized spacial score (nSPS) is 20.6. The average molecular weight is 414 g/mol. The number of nitrogens with one attached hydrogen (secondary N) is 1. The van der Waals surface area contributed by atoms with Gasteiger partial charge in [-0.1, -0.05) is 11.6 Å². The Bertz CT molecular complexity index is 667. The fraction of sp³-hybridized carbons (Fsp3) is 0.643. The molecule has 2 aliphatic rings. The van der Waals surface area contributed by atoms with Gasteiger partial charge in [-0.25, -0.2) is 8.42 Å². The molecule has 2 fully saturated rings. The minimum absolute atomic E-state index is 0. The summed E-state index contributed by atoms with van der Waals surface area (Å²) in [4.78, 5) is 14.3. The Morgan fingerprint density at radius 3 is 2.33 bits per heavy atom. The predicted molar refractivity (Wildman–Crippen MR) is 97.5 cm³/mol. The highest BCUT2D eigenvalue weighted by Gasteiger charge is 2.33. The molecule has 0 aromatic carbocycles. The van der Waals surface area contributed by atoms with Crippen molar-refractivity contribution in [2.24, 2.45) is 5.92 Å². The van der Waals surface area contributed by atoms with E-state index in [-0.39, 0.29) is 28.4 Å². The number of sulfonamides is 1. The van der Waals surface area contributed by atoms with E-state index in [0.29, 0.717) is 30.5 Å². The maximum Gasteiger partial charge on any atom is 0.252 e. The molecule has 24 heavy (non-hydrogen) atoms. The number of piperidine rings is 1. The molecular weight excluding hydrogens is 393 g/mol. The molecule has 0 aliphatic carbocycles. The van der Waals surface area contributed by atoms with E-state index in [4.69, 9.17) is 11.6 Å². The molecule has 1 N–H and O–H groups in total. The van der Waals surface area contributed by atoms with Gasteiger partial charge in [0.2, 0.25) is 5.91 Å². The minimum atomic E-state index is -3.50. The number of thiophene rings is 1. The quantitative estimate of drug-likeness (QED) is 0.817. The number of hydrogen-bond acceptors (Lipinski definition) is 5. The van der Waals surface area contributed by atoms with Crippen LogP contribution in [0.1, 0.15) is 12.8 Å². The molecule has 0 radical (unpaired) electrons. The van der Waals surface area contributed by atoms with Crippen LogP contribution in [0.2, 0.25) is 4.34 Å². The van der Waals surface area contributed by atoms with E-state index >= 15 is 0 Å². The van der Waals surface area contributed by atoms with Gasteiger partial charge in [0.1, 0.15) is 4.21 Å². The first-order valence-corrected chi connectivity index (χ1v) is 10.4. The molecule has 1 aromatic rings. The third-order valence-electron chi connectivity index (χ3n) is 4.38. The van der Waals surface area contributed by atoms with E-state index in [0.717, 1.165) is 37.3 Å². The molecule has 0 unspecified atom stereocenters. The van der Waals surface area contributed by atoms with Crippen LogP contribution in [0.25, 0.3) is 0 Å². The van der Waals surface area contributed by atoms with Gasteiger partial charge >= 0.3 is 0 Å². The van der Waals surface area contributed by atoms with E-state index < -0.39 is 10.0 Å². The monoisotopic (exact) mass is 413 g/mol. The van der Waals surface area contributed by atoms with Crippen molar-refractivity contribution in [3.8, 4) is 0 Å². The van der Waals surface area contributed by atoms with Crippen LogP contribution in [0.15, 0.2) is 16.3 Å². The molecule has 0 atom stereocenters. The van der Waals surface area contributed by atoms with Gasteiger partial charge < -0.3 is 10.2 Å². The second-order valence-electron chi connectivity index (χ2n) is 5.81. The first kappa shape index (κ1) is 19.9. The highest BCUT2D eigenvalue weighted by Crippen LogP contribution is 2.28. The Kier molecular flexibility index (Phi) is 6.92. The Morgan fingerprint density at radius 2 is 1.79 bits per heavy atom. The molecule has 0 bridgehead atoms. The molecule has 1 amide bonds. The van der Waals surface area contributed by atoms with Gasteiger partial charge in [0, 0.05) is 32.1 Å². The van der Waals surface area contributed by atoms with E-state index in [9.17, 15) is 13.2 Å². The Balaban J connectivity index is 0.00000208. The molecule has 136 valence electrons. The first-order chi connectivity index (χ1) is 11.0. The maximum absolute atomic E-state index is 12.5. The van der Waals surface area contributed by atoms with Gasteiger partial charge in [-0.2, -0.15) is 4.31 Å². The number of rotatable bonds is 3. The van der Waals surface area contributed by atoms with Gasteiger partial charge in [0.15, 0.2) is 0 Å². The standard InChI is InChI=1S/C14H20ClN3O3S2.ClH/c15-12-1-2-13(22-12)23(20,21)18-9-7-17(8-10-18)14(19)11-3-5-16-6-4-11;/h1-2,11,16H,3-10H2;1H. The van der Waals surface area contributed by atoms with Gasteiger partial charge in [-0.05, 0) is 38.1 Å². The van der Waals surface area contributed by atoms with Crippen molar-refractivity contribution >= 4 is 51.3 Å². The van der Waals surface area contributed by atoms with Crippen LogP contribution in [0.5, 0.6) is 0 Å². The number of nitrogens with zero attached hydrogens (tertiary/aromatic N) is 2. The Hall–Kier alpha value is -0.380. The molecule has 3 rings (SSSR count). The van der Waals surface area contributed by atoms with Crippen molar-refractivity contribution in [2.75, 3.05) is 39.3 Å². The molecule has 6 nitrogen and oxygen atoms in total. The topological polar surface area (TPSA) is 69.7 Å². The average Bonchev–Trinajstić information content (AvgIpc) is 3.02. The second-order valence-corrected chi connectivity index (χ2v) is 9.69. The lowest BCUT2D eigenvalue weighted by Gasteiger charge is -2.36. The largest absolute Gasteiger partial charge is 0.340 e. The summed E-state index contributed by atoms with van der Waals surface area (Å²) in [7, 11) is -3.50. The van der Waals surface area contributed by atoms with Crippen LogP contribution in [0, 0.1) is 5.92 Å². The van der Waals surface area contributed by atoms with Gasteiger partial charge in [-0.3, -0.25) is 4.79 Å². The first-order valence-electron chi connectivity index (χ1n) is 7.73. The third-order valence-corrected chi connectivity index (χ3v) is 7.98. The zero-order valence-electron chi connectivity index (χ0n) is 13.1. The minimum Gasteiger partial charge on any atom is -0.340 e. The number of carbonyl (C=O) groups excluding carboxylic acids is 1. The third kappa shape index (κ3) is 4.23. The second kappa shape index (κ2) is 8.33. The van der Waals surface area contributed by atoms with Gasteiger partial charge in [-0.15, -0.1) is 23.7 Å².